The number of amides is 11. The van der Waals surface area contributed by atoms with Gasteiger partial charge in [0.25, 0.3) is 0 Å². The molecular formula is C67H113N11O12. The van der Waals surface area contributed by atoms with E-state index in [1.807, 2.05) is 47.6 Å². The summed E-state index contributed by atoms with van der Waals surface area (Å²) in [5.41, 5.74) is 0.683. The third kappa shape index (κ3) is 21.1. The molecule has 1 heterocycles. The molecule has 1 aromatic rings. The van der Waals surface area contributed by atoms with E-state index in [4.69, 9.17) is 0 Å². The fourth-order valence-corrected chi connectivity index (χ4v) is 11.5. The third-order valence-corrected chi connectivity index (χ3v) is 17.3. The van der Waals surface area contributed by atoms with Gasteiger partial charge in [-0.15, -0.1) is 0 Å². The van der Waals surface area contributed by atoms with Gasteiger partial charge in [0.15, 0.2) is 0 Å². The summed E-state index contributed by atoms with van der Waals surface area (Å²) in [6, 6.07) is -4.90. The molecule has 23 nitrogen and oxygen atoms in total. The topological polar surface area (TPSA) is 279 Å². The zero-order valence-electron chi connectivity index (χ0n) is 58.5. The molecule has 0 spiro atoms. The molecular weight excluding hydrogens is 1150 g/mol. The standard InChI is InChI=1S/C67H113N11O12/c1-24-27-31-43(14)56(79)55-60(83)70-48(25-2)63(86)72(18)46(17)62(85)78(26-3)50(37-47-32-29-28-30-33-47)59(82)71-53(41(10)11)66(89)73(19)49(34-38(4)5)58(81)68-44(15)57(80)69-45(16)61(84)74(20)51(35-39(6)7)64(87)75(21)52(36-40(8)9)65(88)76(22)54(42(12)13)67(90)77(55)23/h24,27-30,32-33,38-46,48-56,79H,25-26,31,34-37H2,1-23H3,(H,68,81)(H,69,80)(H,70,83)(H,71,82)/b27-24+/t43-,44+,45-,46?,48?,49+,50?,51+,52+,53+,54+,55+,56-/m1/s1. The van der Waals surface area contributed by atoms with Crippen LogP contribution in [0.3, 0.4) is 0 Å². The highest BCUT2D eigenvalue weighted by Gasteiger charge is 2.46. The minimum absolute atomic E-state index is 0.00405. The highest BCUT2D eigenvalue weighted by molar-refractivity contribution is 6.00. The number of nitrogens with one attached hydrogen (secondary N) is 4. The van der Waals surface area contributed by atoms with Crippen molar-refractivity contribution in [1.82, 2.24) is 55.6 Å². The maximum Gasteiger partial charge on any atom is 0.246 e. The Morgan fingerprint density at radius 2 is 0.944 bits per heavy atom. The molecule has 1 aliphatic heterocycles. The summed E-state index contributed by atoms with van der Waals surface area (Å²) in [5.74, 6) is -9.75. The molecule has 11 amide bonds. The van der Waals surface area contributed by atoms with Crippen LogP contribution in [0.4, 0.5) is 0 Å². The Kier molecular flexibility index (Phi) is 31.9. The van der Waals surface area contributed by atoms with Crippen LogP contribution >= 0.6 is 0 Å². The zero-order valence-corrected chi connectivity index (χ0v) is 58.5. The lowest BCUT2D eigenvalue weighted by Crippen LogP contribution is -2.64. The minimum atomic E-state index is -1.63. The van der Waals surface area contributed by atoms with Crippen LogP contribution in [0.25, 0.3) is 0 Å². The van der Waals surface area contributed by atoms with Crippen LogP contribution in [-0.2, 0) is 59.2 Å². The number of allylic oxidation sites excluding steroid dienone is 2. The van der Waals surface area contributed by atoms with Gasteiger partial charge in [-0.05, 0) is 108 Å². The first-order chi connectivity index (χ1) is 41.8. The summed E-state index contributed by atoms with van der Waals surface area (Å²) >= 11 is 0. The number of aliphatic hydroxyl groups is 1. The van der Waals surface area contributed by atoms with E-state index in [2.05, 4.69) is 21.3 Å². The maximum atomic E-state index is 15.2. The quantitative estimate of drug-likeness (QED) is 0.145. The van der Waals surface area contributed by atoms with E-state index in [9.17, 15) is 43.5 Å². The van der Waals surface area contributed by atoms with E-state index in [-0.39, 0.29) is 56.4 Å². The van der Waals surface area contributed by atoms with Gasteiger partial charge in [0.05, 0.1) is 6.10 Å². The van der Waals surface area contributed by atoms with Crippen LogP contribution in [0.2, 0.25) is 0 Å². The van der Waals surface area contributed by atoms with Crippen molar-refractivity contribution < 1.29 is 57.8 Å². The smallest absolute Gasteiger partial charge is 0.246 e. The number of nitrogens with zero attached hydrogens (tertiary/aromatic N) is 7. The Hall–Kier alpha value is -6.91. The molecule has 0 radical (unpaired) electrons. The number of rotatable bonds is 16. The predicted molar refractivity (Wildman–Crippen MR) is 348 cm³/mol. The van der Waals surface area contributed by atoms with Crippen LogP contribution in [-0.4, -0.2) is 226 Å². The third-order valence-electron chi connectivity index (χ3n) is 17.3. The van der Waals surface area contributed by atoms with Gasteiger partial charge in [-0.2, -0.15) is 0 Å². The van der Waals surface area contributed by atoms with Crippen molar-refractivity contribution in [2.45, 2.75) is 229 Å². The maximum absolute atomic E-state index is 15.2. The molecule has 1 aliphatic rings. The molecule has 0 bridgehead atoms. The number of hydrogen-bond acceptors (Lipinski definition) is 12. The van der Waals surface area contributed by atoms with Gasteiger partial charge < -0.3 is 60.7 Å². The number of hydrogen-bond donors (Lipinski definition) is 5. The first kappa shape index (κ1) is 79.2. The van der Waals surface area contributed by atoms with Gasteiger partial charge >= 0.3 is 0 Å². The van der Waals surface area contributed by atoms with Crippen LogP contribution in [0.15, 0.2) is 42.5 Å². The Labute approximate surface area is 537 Å². The molecule has 0 aliphatic carbocycles. The van der Waals surface area contributed by atoms with Crippen molar-refractivity contribution in [3.8, 4) is 0 Å². The summed E-state index contributed by atoms with van der Waals surface area (Å²) in [6.45, 7) is 29.3. The number of carbonyl (C=O) groups is 11. The van der Waals surface area contributed by atoms with Crippen molar-refractivity contribution in [1.29, 1.82) is 0 Å². The Morgan fingerprint density at radius 3 is 1.42 bits per heavy atom. The van der Waals surface area contributed by atoms with E-state index >= 15 is 14.4 Å². The number of aliphatic hydroxyl groups excluding tert-OH is 1. The molecule has 0 saturated carbocycles. The molecule has 5 N–H and O–H groups in total. The van der Waals surface area contributed by atoms with Crippen molar-refractivity contribution in [3.63, 3.8) is 0 Å². The minimum Gasteiger partial charge on any atom is -0.390 e. The molecule has 23 heteroatoms. The SMILES string of the molecule is C/C=C/C[C@@H](C)[C@@H](O)[C@H]1C(=O)NC(CC)C(=O)N(C)C(C)C(=O)N(CC)C(Cc2ccccc2)C(=O)N[C@@H](C(C)C)C(=O)N(C)[C@@H](CC(C)C)C(=O)N[C@@H](C)C(=O)N[C@H](C)C(=O)N(C)[C@@H](CC(C)C)C(=O)N(C)[C@@H](CC(C)C)C(=O)N(C)[C@@H](C(C)C)C(=O)N1C. The van der Waals surface area contributed by atoms with Gasteiger partial charge in [0.2, 0.25) is 65.0 Å². The van der Waals surface area contributed by atoms with E-state index < -0.39 is 155 Å². The lowest BCUT2D eigenvalue weighted by molar-refractivity contribution is -0.157. The highest BCUT2D eigenvalue weighted by Crippen LogP contribution is 2.26. The zero-order chi connectivity index (χ0) is 69.1. The van der Waals surface area contributed by atoms with Crippen LogP contribution in [0, 0.1) is 35.5 Å². The van der Waals surface area contributed by atoms with E-state index in [0.717, 1.165) is 4.90 Å². The van der Waals surface area contributed by atoms with E-state index in [1.165, 1.54) is 92.5 Å². The van der Waals surface area contributed by atoms with E-state index in [1.54, 1.807) is 91.8 Å². The second-order valence-electron chi connectivity index (χ2n) is 26.7. The second kappa shape index (κ2) is 36.2. The monoisotopic (exact) mass is 1260 g/mol. The van der Waals surface area contributed by atoms with Gasteiger partial charge in [-0.25, -0.2) is 0 Å². The molecule has 0 aromatic heterocycles. The summed E-state index contributed by atoms with van der Waals surface area (Å²) < 4.78 is 0. The molecule has 13 atom stereocenters. The van der Waals surface area contributed by atoms with Crippen molar-refractivity contribution >= 4 is 65.0 Å². The fourth-order valence-electron chi connectivity index (χ4n) is 11.5. The first-order valence-corrected chi connectivity index (χ1v) is 32.3. The fraction of sp³-hybridized carbons (Fsp3) is 0.716. The normalized spacial score (nSPS) is 26.8. The van der Waals surface area contributed by atoms with Crippen molar-refractivity contribution in [2.24, 2.45) is 35.5 Å². The lowest BCUT2D eigenvalue weighted by Gasteiger charge is -2.41. The Balaban J connectivity index is 3.06. The van der Waals surface area contributed by atoms with Gasteiger partial charge in [-0.3, -0.25) is 52.7 Å². The van der Waals surface area contributed by atoms with Crippen molar-refractivity contribution in [2.75, 3.05) is 48.8 Å². The highest BCUT2D eigenvalue weighted by atomic mass is 16.3. The average Bonchev–Trinajstić information content (AvgIpc) is 1.06. The van der Waals surface area contributed by atoms with Gasteiger partial charge in [0, 0.05) is 55.3 Å². The van der Waals surface area contributed by atoms with Gasteiger partial charge in [-0.1, -0.05) is 126 Å². The number of benzene rings is 1. The molecule has 3 unspecified atom stereocenters. The molecule has 1 aromatic carbocycles. The second-order valence-corrected chi connectivity index (χ2v) is 26.7. The Morgan fingerprint density at radius 1 is 0.478 bits per heavy atom. The summed E-state index contributed by atoms with van der Waals surface area (Å²) in [5, 5.41) is 23.3. The Bertz CT molecular complexity index is 2630. The van der Waals surface area contributed by atoms with Crippen LogP contribution in [0.5, 0.6) is 0 Å². The molecule has 1 saturated heterocycles. The lowest BCUT2D eigenvalue weighted by atomic mass is 9.91. The van der Waals surface area contributed by atoms with Gasteiger partial charge in [0.1, 0.15) is 66.5 Å². The van der Waals surface area contributed by atoms with Crippen LogP contribution in [0.1, 0.15) is 155 Å². The molecule has 508 valence electrons. The molecule has 2 rings (SSSR count). The molecule has 90 heavy (non-hydrogen) atoms. The first-order valence-electron chi connectivity index (χ1n) is 32.3. The van der Waals surface area contributed by atoms with Crippen LogP contribution < -0.4 is 21.3 Å². The molecule has 1 fully saturated rings. The van der Waals surface area contributed by atoms with E-state index in [0.29, 0.717) is 12.0 Å². The largest absolute Gasteiger partial charge is 0.390 e. The van der Waals surface area contributed by atoms with Crippen molar-refractivity contribution in [3.05, 3.63) is 48.0 Å². The summed E-state index contributed by atoms with van der Waals surface area (Å²) in [4.78, 5) is 171. The predicted octanol–water partition coefficient (Wildman–Crippen LogP) is 4.24. The average molecular weight is 1260 g/mol. The number of likely N-dealkylation sites (N-methyl/N-ethyl adjacent to an activating group) is 7. The number of carbonyl (C=O) groups excluding carboxylic acids is 11. The summed E-state index contributed by atoms with van der Waals surface area (Å²) in [7, 11) is 8.54. The summed E-state index contributed by atoms with van der Waals surface area (Å²) in [6.07, 6.45) is 2.82.